The summed E-state index contributed by atoms with van der Waals surface area (Å²) in [5.74, 6) is -0.949. The number of non-ortho nitro benzene ring substituents is 1. The summed E-state index contributed by atoms with van der Waals surface area (Å²) in [6, 6.07) is 14.9. The highest BCUT2D eigenvalue weighted by Crippen LogP contribution is 2.26. The highest BCUT2D eigenvalue weighted by atomic mass is 79.9. The number of amides is 2. The van der Waals surface area contributed by atoms with E-state index in [4.69, 9.17) is 27.9 Å². The lowest BCUT2D eigenvalue weighted by molar-refractivity contribution is -0.384. The molecule has 0 aliphatic heterocycles. The number of nitrogens with one attached hydrogen (secondary N) is 2. The number of rotatable bonds is 7. The molecule has 11 heteroatoms. The molecule has 0 unspecified atom stereocenters. The van der Waals surface area contributed by atoms with Crippen LogP contribution in [0.5, 0.6) is 5.75 Å². The van der Waals surface area contributed by atoms with Gasteiger partial charge in [-0.2, -0.15) is 0 Å². The Hall–Kier alpha value is -3.40. The van der Waals surface area contributed by atoms with E-state index in [9.17, 15) is 19.7 Å². The minimum Gasteiger partial charge on any atom is -0.496 e. The Morgan fingerprint density at radius 3 is 2.35 bits per heavy atom. The fourth-order valence-electron chi connectivity index (χ4n) is 2.84. The molecule has 0 aliphatic rings. The number of hydrogen-bond acceptors (Lipinski definition) is 5. The van der Waals surface area contributed by atoms with Gasteiger partial charge >= 0.3 is 0 Å². The number of anilines is 1. The third-order valence-electron chi connectivity index (χ3n) is 4.49. The maximum absolute atomic E-state index is 13.1. The number of hydrogen-bond donors (Lipinski definition) is 2. The van der Waals surface area contributed by atoms with Gasteiger partial charge in [-0.25, -0.2) is 0 Å². The van der Waals surface area contributed by atoms with E-state index in [0.717, 1.165) is 0 Å². The largest absolute Gasteiger partial charge is 0.496 e. The van der Waals surface area contributed by atoms with Crippen LogP contribution in [-0.2, 0) is 4.79 Å². The first kappa shape index (κ1) is 25.2. The lowest BCUT2D eigenvalue weighted by atomic mass is 10.1. The molecule has 0 aromatic heterocycles. The van der Waals surface area contributed by atoms with Crippen molar-refractivity contribution < 1.29 is 19.2 Å². The number of nitro groups is 1. The van der Waals surface area contributed by atoms with Gasteiger partial charge in [-0.15, -0.1) is 0 Å². The molecule has 174 valence electrons. The molecule has 3 aromatic rings. The first-order valence-electron chi connectivity index (χ1n) is 9.55. The summed E-state index contributed by atoms with van der Waals surface area (Å²) in [7, 11) is 1.42. The SMILES string of the molecule is COc1ccc(Br)cc1C(=O)N/C(=C\c1ccc([N+](=O)[O-])cc1)C(=O)Nc1ccc(Cl)c(Cl)c1. The lowest BCUT2D eigenvalue weighted by Crippen LogP contribution is -2.31. The maximum Gasteiger partial charge on any atom is 0.272 e. The number of ether oxygens (including phenoxy) is 1. The van der Waals surface area contributed by atoms with Gasteiger partial charge < -0.3 is 15.4 Å². The van der Waals surface area contributed by atoms with Gasteiger partial charge in [0.2, 0.25) is 0 Å². The van der Waals surface area contributed by atoms with Crippen LogP contribution in [0.3, 0.4) is 0 Å². The zero-order valence-corrected chi connectivity index (χ0v) is 20.6. The van der Waals surface area contributed by atoms with Gasteiger partial charge in [0.05, 0.1) is 27.6 Å². The van der Waals surface area contributed by atoms with Gasteiger partial charge in [-0.3, -0.25) is 19.7 Å². The summed E-state index contributed by atoms with van der Waals surface area (Å²) in [5, 5.41) is 16.7. The molecule has 0 saturated carbocycles. The van der Waals surface area contributed by atoms with Crippen LogP contribution in [0.25, 0.3) is 6.08 Å². The predicted octanol–water partition coefficient (Wildman–Crippen LogP) is 6.08. The van der Waals surface area contributed by atoms with Crippen molar-refractivity contribution in [1.82, 2.24) is 5.32 Å². The van der Waals surface area contributed by atoms with Crippen molar-refractivity contribution in [2.75, 3.05) is 12.4 Å². The maximum atomic E-state index is 13.1. The third kappa shape index (κ3) is 6.34. The molecule has 2 amide bonds. The molecular formula is C23H16BrCl2N3O5. The number of carbonyl (C=O) groups excluding carboxylic acids is 2. The Bertz CT molecular complexity index is 1300. The van der Waals surface area contributed by atoms with E-state index < -0.39 is 16.7 Å². The van der Waals surface area contributed by atoms with Crippen molar-refractivity contribution in [2.24, 2.45) is 0 Å². The number of nitro benzene ring substituents is 1. The molecule has 0 heterocycles. The van der Waals surface area contributed by atoms with E-state index in [1.807, 2.05) is 0 Å². The molecule has 3 rings (SSSR count). The van der Waals surface area contributed by atoms with Crippen molar-refractivity contribution in [2.45, 2.75) is 0 Å². The molecule has 8 nitrogen and oxygen atoms in total. The minimum atomic E-state index is -0.654. The highest BCUT2D eigenvalue weighted by molar-refractivity contribution is 9.10. The van der Waals surface area contributed by atoms with Gasteiger partial charge in [0.15, 0.2) is 0 Å². The summed E-state index contributed by atoms with van der Waals surface area (Å²) >= 11 is 15.3. The molecule has 0 aliphatic carbocycles. The quantitative estimate of drug-likeness (QED) is 0.205. The predicted molar refractivity (Wildman–Crippen MR) is 134 cm³/mol. The Morgan fingerprint density at radius 2 is 1.74 bits per heavy atom. The topological polar surface area (TPSA) is 111 Å². The molecule has 0 saturated heterocycles. The molecule has 2 N–H and O–H groups in total. The Balaban J connectivity index is 1.96. The summed E-state index contributed by atoms with van der Waals surface area (Å²) in [4.78, 5) is 36.5. The van der Waals surface area contributed by atoms with Crippen molar-refractivity contribution in [3.63, 3.8) is 0 Å². The second-order valence-electron chi connectivity index (χ2n) is 6.79. The molecule has 34 heavy (non-hydrogen) atoms. The number of methoxy groups -OCH3 is 1. The summed E-state index contributed by atoms with van der Waals surface area (Å²) in [6.45, 7) is 0. The van der Waals surface area contributed by atoms with Crippen LogP contribution >= 0.6 is 39.1 Å². The van der Waals surface area contributed by atoms with E-state index in [0.29, 0.717) is 26.5 Å². The molecular weight excluding hydrogens is 549 g/mol. The number of carbonyl (C=O) groups is 2. The fourth-order valence-corrected chi connectivity index (χ4v) is 3.50. The minimum absolute atomic E-state index is 0.109. The average Bonchev–Trinajstić information content (AvgIpc) is 2.81. The molecule has 0 radical (unpaired) electrons. The van der Waals surface area contributed by atoms with Crippen LogP contribution in [0.4, 0.5) is 11.4 Å². The normalized spacial score (nSPS) is 11.0. The monoisotopic (exact) mass is 563 g/mol. The molecule has 3 aromatic carbocycles. The van der Waals surface area contributed by atoms with Crippen LogP contribution < -0.4 is 15.4 Å². The lowest BCUT2D eigenvalue weighted by Gasteiger charge is -2.13. The van der Waals surface area contributed by atoms with Gasteiger partial charge in [-0.05, 0) is 60.2 Å². The van der Waals surface area contributed by atoms with Gasteiger partial charge in [0, 0.05) is 22.3 Å². The fraction of sp³-hybridized carbons (Fsp3) is 0.0435. The summed E-state index contributed by atoms with van der Waals surface area (Å²) in [6.07, 6.45) is 1.39. The van der Waals surface area contributed by atoms with E-state index >= 15 is 0 Å². The van der Waals surface area contributed by atoms with E-state index in [1.165, 1.54) is 49.6 Å². The Kier molecular flexibility index (Phi) is 8.27. The Morgan fingerprint density at radius 1 is 1.03 bits per heavy atom. The zero-order chi connectivity index (χ0) is 24.8. The average molecular weight is 565 g/mol. The van der Waals surface area contributed by atoms with Crippen LogP contribution in [0.1, 0.15) is 15.9 Å². The van der Waals surface area contributed by atoms with Crippen molar-refractivity contribution >= 4 is 68.4 Å². The summed E-state index contributed by atoms with van der Waals surface area (Å²) in [5.41, 5.74) is 0.761. The van der Waals surface area contributed by atoms with Crippen LogP contribution in [0.15, 0.2) is 70.8 Å². The second kappa shape index (κ2) is 11.1. The van der Waals surface area contributed by atoms with Gasteiger partial charge in [0.25, 0.3) is 17.5 Å². The second-order valence-corrected chi connectivity index (χ2v) is 8.52. The number of benzene rings is 3. The van der Waals surface area contributed by atoms with Crippen LogP contribution in [0, 0.1) is 10.1 Å². The standard InChI is InChI=1S/C23H16BrCl2N3O5/c1-34-21-9-4-14(24)11-17(21)22(30)28-20(10-13-2-6-16(7-3-13)29(32)33)23(31)27-15-5-8-18(25)19(26)12-15/h2-12H,1H3,(H,27,31)(H,28,30)/b20-10-. The highest BCUT2D eigenvalue weighted by Gasteiger charge is 2.19. The van der Waals surface area contributed by atoms with Gasteiger partial charge in [-0.1, -0.05) is 39.1 Å². The van der Waals surface area contributed by atoms with Crippen molar-refractivity contribution in [3.05, 3.63) is 102 Å². The van der Waals surface area contributed by atoms with Crippen LogP contribution in [-0.4, -0.2) is 23.8 Å². The van der Waals surface area contributed by atoms with E-state index in [1.54, 1.807) is 24.3 Å². The number of halogens is 3. The Labute approximate surface area is 212 Å². The smallest absolute Gasteiger partial charge is 0.272 e. The molecule has 0 atom stereocenters. The molecule has 0 spiro atoms. The third-order valence-corrected chi connectivity index (χ3v) is 5.72. The summed E-state index contributed by atoms with van der Waals surface area (Å²) < 4.78 is 5.88. The van der Waals surface area contributed by atoms with Gasteiger partial charge in [0.1, 0.15) is 11.4 Å². The van der Waals surface area contributed by atoms with E-state index in [2.05, 4.69) is 26.6 Å². The zero-order valence-electron chi connectivity index (χ0n) is 17.5. The molecule has 0 fully saturated rings. The van der Waals surface area contributed by atoms with E-state index in [-0.39, 0.29) is 22.0 Å². The van der Waals surface area contributed by atoms with Crippen molar-refractivity contribution in [3.8, 4) is 5.75 Å². The first-order valence-corrected chi connectivity index (χ1v) is 11.1. The van der Waals surface area contributed by atoms with Crippen molar-refractivity contribution in [1.29, 1.82) is 0 Å². The first-order chi connectivity index (χ1) is 16.2. The number of nitrogens with zero attached hydrogens (tertiary/aromatic N) is 1. The molecule has 0 bridgehead atoms. The van der Waals surface area contributed by atoms with Crippen LogP contribution in [0.2, 0.25) is 10.0 Å².